The molecule has 0 fully saturated rings. The normalized spacial score (nSPS) is 11.7. The molecule has 0 aliphatic heterocycles. The lowest BCUT2D eigenvalue weighted by atomic mass is 10.2. The van der Waals surface area contributed by atoms with Gasteiger partial charge in [0.1, 0.15) is 5.01 Å². The Kier molecular flexibility index (Phi) is 3.43. The van der Waals surface area contributed by atoms with E-state index in [0.717, 1.165) is 27.0 Å². The highest BCUT2D eigenvalue weighted by atomic mass is 32.2. The summed E-state index contributed by atoms with van der Waals surface area (Å²) in [4.78, 5) is 4.61. The van der Waals surface area contributed by atoms with Gasteiger partial charge in [0, 0.05) is 11.3 Å². The Morgan fingerprint density at radius 2 is 1.81 bits per heavy atom. The van der Waals surface area contributed by atoms with Gasteiger partial charge >= 0.3 is 0 Å². The van der Waals surface area contributed by atoms with Crippen LogP contribution in [0.4, 0.5) is 5.69 Å². The summed E-state index contributed by atoms with van der Waals surface area (Å²) >= 11 is 1.63. The fourth-order valence-corrected chi connectivity index (χ4v) is 3.68. The molecule has 0 saturated heterocycles. The maximum absolute atomic E-state index is 11.2. The Morgan fingerprint density at radius 3 is 2.48 bits per heavy atom. The summed E-state index contributed by atoms with van der Waals surface area (Å²) in [5, 5.41) is 0.932. The first kappa shape index (κ1) is 14.0. The van der Waals surface area contributed by atoms with Gasteiger partial charge in [-0.15, -0.1) is 11.3 Å². The van der Waals surface area contributed by atoms with Crippen molar-refractivity contribution in [1.29, 1.82) is 0 Å². The number of aromatic nitrogens is 1. The van der Waals surface area contributed by atoms with Crippen LogP contribution in [-0.2, 0) is 10.0 Å². The van der Waals surface area contributed by atoms with Crippen LogP contribution in [0.1, 0.15) is 5.56 Å². The lowest BCUT2D eigenvalue weighted by Crippen LogP contribution is -2.09. The summed E-state index contributed by atoms with van der Waals surface area (Å²) in [7, 11) is -3.24. The molecule has 0 spiro atoms. The highest BCUT2D eigenvalue weighted by Gasteiger charge is 2.07. The first-order chi connectivity index (χ1) is 9.90. The standard InChI is InChI=1S/C15H14N2O2S2/c1-10-3-8-13-14(9-10)20-15(16-13)11-4-6-12(7-5-11)17-21(2,18)19/h3-9,17H,1-2H3. The van der Waals surface area contributed by atoms with E-state index in [4.69, 9.17) is 0 Å². The fraction of sp³-hybridized carbons (Fsp3) is 0.133. The van der Waals surface area contributed by atoms with Crippen LogP contribution in [0.2, 0.25) is 0 Å². The van der Waals surface area contributed by atoms with Crippen molar-refractivity contribution in [3.8, 4) is 10.6 Å². The molecule has 3 aromatic rings. The number of hydrogen-bond acceptors (Lipinski definition) is 4. The number of anilines is 1. The Morgan fingerprint density at radius 1 is 1.10 bits per heavy atom. The molecule has 0 radical (unpaired) electrons. The van der Waals surface area contributed by atoms with Crippen molar-refractivity contribution in [3.05, 3.63) is 48.0 Å². The maximum atomic E-state index is 11.2. The number of nitrogens with zero attached hydrogens (tertiary/aromatic N) is 1. The zero-order valence-electron chi connectivity index (χ0n) is 11.6. The molecule has 1 heterocycles. The number of aryl methyl sites for hydroxylation is 1. The maximum Gasteiger partial charge on any atom is 0.229 e. The number of benzene rings is 2. The minimum atomic E-state index is -3.24. The average Bonchev–Trinajstić information content (AvgIpc) is 2.80. The van der Waals surface area contributed by atoms with Gasteiger partial charge in [-0.25, -0.2) is 13.4 Å². The van der Waals surface area contributed by atoms with Crippen LogP contribution in [-0.4, -0.2) is 19.7 Å². The van der Waals surface area contributed by atoms with Gasteiger partial charge in [0.2, 0.25) is 10.0 Å². The molecule has 0 amide bonds. The summed E-state index contributed by atoms with van der Waals surface area (Å²) in [6, 6.07) is 13.4. The first-order valence-corrected chi connectivity index (χ1v) is 9.07. The molecule has 21 heavy (non-hydrogen) atoms. The molecule has 3 rings (SSSR count). The van der Waals surface area contributed by atoms with Crippen molar-refractivity contribution in [3.63, 3.8) is 0 Å². The van der Waals surface area contributed by atoms with E-state index in [2.05, 4.69) is 22.7 Å². The van der Waals surface area contributed by atoms with Crippen LogP contribution < -0.4 is 4.72 Å². The Balaban J connectivity index is 1.95. The van der Waals surface area contributed by atoms with E-state index in [1.165, 1.54) is 5.56 Å². The number of fused-ring (bicyclic) bond motifs is 1. The summed E-state index contributed by atoms with van der Waals surface area (Å²) in [5.74, 6) is 0. The van der Waals surface area contributed by atoms with Crippen molar-refractivity contribution >= 4 is 37.3 Å². The zero-order valence-corrected chi connectivity index (χ0v) is 13.3. The summed E-state index contributed by atoms with van der Waals surface area (Å²) in [6.45, 7) is 2.06. The molecule has 2 aromatic carbocycles. The van der Waals surface area contributed by atoms with Gasteiger partial charge in [-0.05, 0) is 48.9 Å². The minimum absolute atomic E-state index is 0.554. The van der Waals surface area contributed by atoms with Gasteiger partial charge in [-0.1, -0.05) is 6.07 Å². The monoisotopic (exact) mass is 318 g/mol. The fourth-order valence-electron chi connectivity index (χ4n) is 2.05. The third-order valence-corrected chi connectivity index (χ3v) is 4.65. The lowest BCUT2D eigenvalue weighted by molar-refractivity contribution is 0.607. The average molecular weight is 318 g/mol. The van der Waals surface area contributed by atoms with Crippen LogP contribution in [0, 0.1) is 6.92 Å². The van der Waals surface area contributed by atoms with Crippen molar-refractivity contribution in [2.45, 2.75) is 6.92 Å². The van der Waals surface area contributed by atoms with Crippen molar-refractivity contribution in [1.82, 2.24) is 4.98 Å². The molecule has 0 unspecified atom stereocenters. The number of thiazole rings is 1. The predicted octanol–water partition coefficient (Wildman–Crippen LogP) is 3.64. The summed E-state index contributed by atoms with van der Waals surface area (Å²) in [5.41, 5.74) is 3.73. The Labute approximate surface area is 127 Å². The summed E-state index contributed by atoms with van der Waals surface area (Å²) < 4.78 is 26.0. The highest BCUT2D eigenvalue weighted by Crippen LogP contribution is 2.31. The SMILES string of the molecule is Cc1ccc2nc(-c3ccc(NS(C)(=O)=O)cc3)sc2c1. The molecule has 0 aliphatic rings. The number of rotatable bonds is 3. The largest absolute Gasteiger partial charge is 0.284 e. The van der Waals surface area contributed by atoms with Crippen molar-refractivity contribution in [2.24, 2.45) is 0 Å². The number of nitrogens with one attached hydrogen (secondary N) is 1. The predicted molar refractivity (Wildman–Crippen MR) is 88.3 cm³/mol. The third kappa shape index (κ3) is 3.22. The van der Waals surface area contributed by atoms with Crippen LogP contribution in [0.15, 0.2) is 42.5 Å². The van der Waals surface area contributed by atoms with E-state index in [-0.39, 0.29) is 0 Å². The second-order valence-corrected chi connectivity index (χ2v) is 7.72. The van der Waals surface area contributed by atoms with Crippen LogP contribution in [0.3, 0.4) is 0 Å². The minimum Gasteiger partial charge on any atom is -0.284 e. The Hall–Kier alpha value is -1.92. The van der Waals surface area contributed by atoms with E-state index in [1.807, 2.05) is 24.3 Å². The quantitative estimate of drug-likeness (QED) is 0.802. The topological polar surface area (TPSA) is 59.1 Å². The smallest absolute Gasteiger partial charge is 0.229 e. The molecule has 4 nitrogen and oxygen atoms in total. The zero-order chi connectivity index (χ0) is 15.0. The molecule has 0 atom stereocenters. The molecular formula is C15H14N2O2S2. The van der Waals surface area contributed by atoms with Crippen LogP contribution in [0.5, 0.6) is 0 Å². The van der Waals surface area contributed by atoms with E-state index in [1.54, 1.807) is 23.5 Å². The van der Waals surface area contributed by atoms with E-state index in [9.17, 15) is 8.42 Å². The second-order valence-electron chi connectivity index (χ2n) is 4.94. The third-order valence-electron chi connectivity index (χ3n) is 2.98. The molecule has 1 aromatic heterocycles. The van der Waals surface area contributed by atoms with Crippen molar-refractivity contribution < 1.29 is 8.42 Å². The van der Waals surface area contributed by atoms with Gasteiger partial charge in [0.05, 0.1) is 16.5 Å². The van der Waals surface area contributed by atoms with Gasteiger partial charge in [0.15, 0.2) is 0 Å². The van der Waals surface area contributed by atoms with E-state index >= 15 is 0 Å². The van der Waals surface area contributed by atoms with Gasteiger partial charge in [-0.3, -0.25) is 4.72 Å². The summed E-state index contributed by atoms with van der Waals surface area (Å²) in [6.07, 6.45) is 1.14. The molecule has 0 bridgehead atoms. The first-order valence-electron chi connectivity index (χ1n) is 6.36. The molecular weight excluding hydrogens is 304 g/mol. The van der Waals surface area contributed by atoms with Crippen molar-refractivity contribution in [2.75, 3.05) is 11.0 Å². The molecule has 0 saturated carbocycles. The molecule has 6 heteroatoms. The highest BCUT2D eigenvalue weighted by molar-refractivity contribution is 7.92. The van der Waals surface area contributed by atoms with E-state index in [0.29, 0.717) is 5.69 Å². The molecule has 108 valence electrons. The second kappa shape index (κ2) is 5.13. The van der Waals surface area contributed by atoms with E-state index < -0.39 is 10.0 Å². The van der Waals surface area contributed by atoms with Gasteiger partial charge < -0.3 is 0 Å². The number of hydrogen-bond donors (Lipinski definition) is 1. The lowest BCUT2D eigenvalue weighted by Gasteiger charge is -2.03. The molecule has 1 N–H and O–H groups in total. The van der Waals surface area contributed by atoms with Gasteiger partial charge in [0.25, 0.3) is 0 Å². The van der Waals surface area contributed by atoms with Crippen LogP contribution >= 0.6 is 11.3 Å². The van der Waals surface area contributed by atoms with Gasteiger partial charge in [-0.2, -0.15) is 0 Å². The molecule has 0 aliphatic carbocycles. The van der Waals surface area contributed by atoms with Crippen LogP contribution in [0.25, 0.3) is 20.8 Å². The Bertz CT molecular complexity index is 897. The number of sulfonamides is 1.